The van der Waals surface area contributed by atoms with Crippen LogP contribution in [0, 0.1) is 17.7 Å². The van der Waals surface area contributed by atoms with Gasteiger partial charge < -0.3 is 15.5 Å². The lowest BCUT2D eigenvalue weighted by molar-refractivity contribution is -0.137. The second-order valence-electron chi connectivity index (χ2n) is 6.34. The Morgan fingerprint density at radius 1 is 1.17 bits per heavy atom. The lowest BCUT2D eigenvalue weighted by atomic mass is 10.1. The Kier molecular flexibility index (Phi) is 7.51. The van der Waals surface area contributed by atoms with Crippen LogP contribution in [0.2, 0.25) is 0 Å². The number of benzene rings is 1. The average Bonchev–Trinajstić information content (AvgIpc) is 2.46. The normalized spacial score (nSPS) is 11.9. The van der Waals surface area contributed by atoms with E-state index in [1.807, 2.05) is 0 Å². The maximum absolute atomic E-state index is 12.8. The smallest absolute Gasteiger partial charge is 0.263 e. The van der Waals surface area contributed by atoms with Crippen LogP contribution in [0.4, 0.5) is 4.39 Å². The summed E-state index contributed by atoms with van der Waals surface area (Å²) in [5, 5.41) is 3.73. The molecule has 1 aromatic carbocycles. The average molecular weight is 323 g/mol. The number of halogens is 1. The lowest BCUT2D eigenvalue weighted by Crippen LogP contribution is -2.39. The number of rotatable bonds is 8. The van der Waals surface area contributed by atoms with Gasteiger partial charge in [0.15, 0.2) is 12.4 Å². The van der Waals surface area contributed by atoms with Crippen molar-refractivity contribution in [3.63, 3.8) is 0 Å². The molecule has 1 amide bonds. The van der Waals surface area contributed by atoms with Gasteiger partial charge in [-0.15, -0.1) is 0 Å². The summed E-state index contributed by atoms with van der Waals surface area (Å²) in [6.45, 7) is 9.44. The maximum Gasteiger partial charge on any atom is 0.263 e. The van der Waals surface area contributed by atoms with Gasteiger partial charge in [0.25, 0.3) is 5.91 Å². The lowest BCUT2D eigenvalue weighted by Gasteiger charge is -2.25. The van der Waals surface area contributed by atoms with Crippen LogP contribution < -0.4 is 5.73 Å². The second kappa shape index (κ2) is 9.12. The zero-order valence-electron chi connectivity index (χ0n) is 14.3. The molecule has 0 radical (unpaired) electrons. The third kappa shape index (κ3) is 7.13. The topological polar surface area (TPSA) is 67.9 Å². The number of carbonyl (C=O) groups excluding carboxylic acids is 1. The van der Waals surface area contributed by atoms with Gasteiger partial charge in [0, 0.05) is 18.7 Å². The van der Waals surface area contributed by atoms with E-state index >= 15 is 0 Å². The van der Waals surface area contributed by atoms with Crippen LogP contribution >= 0.6 is 0 Å². The standard InChI is InChI=1S/C17H26FN3O2/c1-12(2)9-21(10-13(3)4)16(22)11-23-20-17(19)14-5-7-15(18)8-6-14/h5-8,12-13H,9-11H2,1-4H3,(H2,19,20). The van der Waals surface area contributed by atoms with Crippen molar-refractivity contribution in [3.8, 4) is 0 Å². The molecule has 0 atom stereocenters. The molecule has 6 heteroatoms. The highest BCUT2D eigenvalue weighted by atomic mass is 19.1. The van der Waals surface area contributed by atoms with Gasteiger partial charge in [-0.25, -0.2) is 4.39 Å². The highest BCUT2D eigenvalue weighted by Crippen LogP contribution is 2.05. The highest BCUT2D eigenvalue weighted by molar-refractivity contribution is 5.97. The van der Waals surface area contributed by atoms with E-state index in [1.165, 1.54) is 24.3 Å². The highest BCUT2D eigenvalue weighted by Gasteiger charge is 2.16. The molecular weight excluding hydrogens is 297 g/mol. The molecule has 0 fully saturated rings. The van der Waals surface area contributed by atoms with Gasteiger partial charge in [-0.2, -0.15) is 0 Å². The number of amidine groups is 1. The molecule has 0 aliphatic carbocycles. The maximum atomic E-state index is 12.8. The predicted octanol–water partition coefficient (Wildman–Crippen LogP) is 2.60. The van der Waals surface area contributed by atoms with Crippen molar-refractivity contribution in [2.75, 3.05) is 19.7 Å². The van der Waals surface area contributed by atoms with Crippen LogP contribution in [0.5, 0.6) is 0 Å². The molecule has 5 nitrogen and oxygen atoms in total. The molecule has 2 N–H and O–H groups in total. The first kappa shape index (κ1) is 18.9. The number of hydrogen-bond acceptors (Lipinski definition) is 3. The molecule has 0 aliphatic heterocycles. The molecule has 0 heterocycles. The van der Waals surface area contributed by atoms with Crippen LogP contribution in [0.1, 0.15) is 33.3 Å². The van der Waals surface area contributed by atoms with Gasteiger partial charge in [0.2, 0.25) is 0 Å². The van der Waals surface area contributed by atoms with Crippen molar-refractivity contribution < 1.29 is 14.0 Å². The van der Waals surface area contributed by atoms with Gasteiger partial charge in [-0.1, -0.05) is 32.9 Å². The third-order valence-corrected chi connectivity index (χ3v) is 3.01. The quantitative estimate of drug-likeness (QED) is 0.454. The Morgan fingerprint density at radius 3 is 2.17 bits per heavy atom. The zero-order chi connectivity index (χ0) is 17.4. The van der Waals surface area contributed by atoms with Crippen molar-refractivity contribution in [2.45, 2.75) is 27.7 Å². The summed E-state index contributed by atoms with van der Waals surface area (Å²) in [4.78, 5) is 19.1. The molecule has 0 aliphatic rings. The van der Waals surface area contributed by atoms with Crippen molar-refractivity contribution in [3.05, 3.63) is 35.6 Å². The first-order chi connectivity index (χ1) is 10.8. The van der Waals surface area contributed by atoms with Gasteiger partial charge in [0.05, 0.1) is 0 Å². The molecule has 0 aromatic heterocycles. The van der Waals surface area contributed by atoms with Crippen LogP contribution in [0.15, 0.2) is 29.4 Å². The Morgan fingerprint density at radius 2 is 1.70 bits per heavy atom. The van der Waals surface area contributed by atoms with E-state index in [0.29, 0.717) is 30.5 Å². The fourth-order valence-electron chi connectivity index (χ4n) is 2.08. The van der Waals surface area contributed by atoms with E-state index < -0.39 is 0 Å². The number of hydrogen-bond donors (Lipinski definition) is 1. The summed E-state index contributed by atoms with van der Waals surface area (Å²) >= 11 is 0. The fraction of sp³-hybridized carbons (Fsp3) is 0.529. The summed E-state index contributed by atoms with van der Waals surface area (Å²) in [5.74, 6) is 0.395. The van der Waals surface area contributed by atoms with Crippen molar-refractivity contribution in [1.29, 1.82) is 0 Å². The first-order valence-electron chi connectivity index (χ1n) is 7.78. The van der Waals surface area contributed by atoms with Gasteiger partial charge in [-0.05, 0) is 36.1 Å². The van der Waals surface area contributed by atoms with E-state index in [0.717, 1.165) is 0 Å². The SMILES string of the molecule is CC(C)CN(CC(C)C)C(=O)CO/N=C(\N)c1ccc(F)cc1. The van der Waals surface area contributed by atoms with Gasteiger partial charge in [0.1, 0.15) is 5.82 Å². The molecule has 1 aromatic rings. The number of amides is 1. The molecule has 0 bridgehead atoms. The second-order valence-corrected chi connectivity index (χ2v) is 6.34. The minimum atomic E-state index is -0.351. The Bertz CT molecular complexity index is 517. The molecule has 0 saturated heterocycles. The number of oxime groups is 1. The van der Waals surface area contributed by atoms with E-state index in [-0.39, 0.29) is 24.2 Å². The molecule has 23 heavy (non-hydrogen) atoms. The summed E-state index contributed by atoms with van der Waals surface area (Å²) in [7, 11) is 0. The van der Waals surface area contributed by atoms with Crippen molar-refractivity contribution >= 4 is 11.7 Å². The van der Waals surface area contributed by atoms with Crippen LogP contribution in [0.3, 0.4) is 0 Å². The van der Waals surface area contributed by atoms with Crippen LogP contribution in [-0.4, -0.2) is 36.3 Å². The summed E-state index contributed by atoms with van der Waals surface area (Å²) < 4.78 is 12.8. The van der Waals surface area contributed by atoms with E-state index in [1.54, 1.807) is 4.90 Å². The Hall–Kier alpha value is -2.11. The van der Waals surface area contributed by atoms with Crippen LogP contribution in [0.25, 0.3) is 0 Å². The van der Waals surface area contributed by atoms with Crippen molar-refractivity contribution in [2.24, 2.45) is 22.7 Å². The fourth-order valence-corrected chi connectivity index (χ4v) is 2.08. The largest absolute Gasteiger partial charge is 0.384 e. The first-order valence-corrected chi connectivity index (χ1v) is 7.78. The molecule has 0 spiro atoms. The zero-order valence-corrected chi connectivity index (χ0v) is 14.3. The summed E-state index contributed by atoms with van der Waals surface area (Å²) in [6.07, 6.45) is 0. The molecule has 1 rings (SSSR count). The monoisotopic (exact) mass is 323 g/mol. The predicted molar refractivity (Wildman–Crippen MR) is 89.3 cm³/mol. The number of carbonyl (C=O) groups is 1. The van der Waals surface area contributed by atoms with E-state index in [2.05, 4.69) is 32.9 Å². The van der Waals surface area contributed by atoms with Gasteiger partial charge >= 0.3 is 0 Å². The summed E-state index contributed by atoms with van der Waals surface area (Å²) in [5.41, 5.74) is 6.29. The molecule has 0 unspecified atom stereocenters. The molecule has 128 valence electrons. The Balaban J connectivity index is 2.58. The van der Waals surface area contributed by atoms with E-state index in [4.69, 9.17) is 10.6 Å². The van der Waals surface area contributed by atoms with Gasteiger partial charge in [-0.3, -0.25) is 4.79 Å². The number of nitrogens with two attached hydrogens (primary N) is 1. The van der Waals surface area contributed by atoms with E-state index in [9.17, 15) is 9.18 Å². The summed E-state index contributed by atoms with van der Waals surface area (Å²) in [6, 6.07) is 5.58. The molecule has 0 saturated carbocycles. The minimum absolute atomic E-state index is 0.108. The van der Waals surface area contributed by atoms with Crippen molar-refractivity contribution in [1.82, 2.24) is 4.90 Å². The van der Waals surface area contributed by atoms with Crippen LogP contribution in [-0.2, 0) is 9.63 Å². The number of nitrogens with zero attached hydrogens (tertiary/aromatic N) is 2. The Labute approximate surface area is 137 Å². The minimum Gasteiger partial charge on any atom is -0.384 e. The molecular formula is C17H26FN3O2. The third-order valence-electron chi connectivity index (χ3n) is 3.01.